The van der Waals surface area contributed by atoms with E-state index in [2.05, 4.69) is 67.8 Å². The number of nitrogens with two attached hydrogens (primary N) is 3. The van der Waals surface area contributed by atoms with Gasteiger partial charge in [0.05, 0.1) is 19.3 Å². The number of amides is 9. The van der Waals surface area contributed by atoms with Gasteiger partial charge in [0.2, 0.25) is 53.2 Å². The molecule has 1 fully saturated rings. The Hall–Kier alpha value is -9.41. The number of hydrogen-bond donors (Lipinski definition) is 16. The van der Waals surface area contributed by atoms with Crippen molar-refractivity contribution in [2.45, 2.75) is 139 Å². The summed E-state index contributed by atoms with van der Waals surface area (Å²) in [6.45, 7) is 2.73. The molecule has 2 aromatic carbocycles. The summed E-state index contributed by atoms with van der Waals surface area (Å²) in [5.74, 6) is -12.6. The predicted molar refractivity (Wildman–Crippen MR) is 304 cm³/mol. The lowest BCUT2D eigenvalue weighted by molar-refractivity contribution is -0.141. The van der Waals surface area contributed by atoms with Crippen LogP contribution in [-0.4, -0.2) is 164 Å². The number of carboxylic acid groups (broad SMARTS) is 2. The lowest BCUT2D eigenvalue weighted by Gasteiger charge is -2.30. The molecule has 0 spiro atoms. The van der Waals surface area contributed by atoms with Gasteiger partial charge in [-0.2, -0.15) is 0 Å². The highest BCUT2D eigenvalue weighted by Gasteiger charge is 2.37. The standard InChI is InChI=1S/C55H76N16O13/c1-3-30(2)46-54(84)67-36(16-9-10-20-56)48(78)66-38(18-19-44(73)74)50(80)65-37(17-11-21-60-55(57)58)49(79)69-40(23-32-26-61-35-15-8-7-14-34(32)35)47(77)62-28-43(72)64-41(24-33-27-59-29-63-33)51(81)70-42(25-45(75)76)52(82)68-39(53(83)71-46)22-31-12-5-4-6-13-31/h4-8,12-15,26-27,29-30,36-42,46,61H,3,9-11,16-25,28,56H2,1-2H3,(H,59,63)(H,62,77)(H,64,72)(H,65,80)(H,66,78)(H,67,84)(H,68,82)(H,69,79)(H,70,81)(H,71,83)(H,73,74)(H,75,76)(H4,57,58,60)/t30-,36?,37-,38-,39-,40-,41-,42-,46-/m0/s1. The van der Waals surface area contributed by atoms with E-state index < -0.39 is 145 Å². The van der Waals surface area contributed by atoms with E-state index in [1.54, 1.807) is 74.6 Å². The maximum atomic E-state index is 14.6. The van der Waals surface area contributed by atoms with Gasteiger partial charge in [0, 0.05) is 61.2 Å². The third-order valence-electron chi connectivity index (χ3n) is 13.9. The minimum absolute atomic E-state index is 0.0299. The van der Waals surface area contributed by atoms with Crippen LogP contribution in [0.15, 0.2) is 78.3 Å². The molecule has 4 aromatic rings. The van der Waals surface area contributed by atoms with Gasteiger partial charge in [-0.25, -0.2) is 4.98 Å². The van der Waals surface area contributed by atoms with Gasteiger partial charge in [-0.05, 0) is 68.2 Å². The van der Waals surface area contributed by atoms with Crippen molar-refractivity contribution in [3.8, 4) is 0 Å². The summed E-state index contributed by atoms with van der Waals surface area (Å²) in [5, 5.41) is 43.6. The van der Waals surface area contributed by atoms with Crippen LogP contribution >= 0.6 is 0 Å². The Bertz CT molecular complexity index is 2950. The zero-order valence-electron chi connectivity index (χ0n) is 46.7. The third-order valence-corrected chi connectivity index (χ3v) is 13.9. The molecule has 0 bridgehead atoms. The topological polar surface area (TPSA) is 471 Å². The van der Waals surface area contributed by atoms with Crippen molar-refractivity contribution >= 4 is 82.0 Å². The Balaban J connectivity index is 1.62. The second-order valence-corrected chi connectivity index (χ2v) is 20.4. The van der Waals surface area contributed by atoms with E-state index in [0.29, 0.717) is 34.1 Å². The van der Waals surface area contributed by atoms with Crippen molar-refractivity contribution in [2.24, 2.45) is 28.1 Å². The largest absolute Gasteiger partial charge is 0.481 e. The van der Waals surface area contributed by atoms with E-state index in [4.69, 9.17) is 17.2 Å². The molecular formula is C55H76N16O13. The number of nitrogens with one attached hydrogen (secondary N) is 11. The number of hydrogen-bond acceptors (Lipinski definition) is 14. The van der Waals surface area contributed by atoms with Crippen LogP contribution < -0.4 is 65.1 Å². The fraction of sp³-hybridized carbons (Fsp3) is 0.473. The number of rotatable bonds is 21. The number of carbonyl (C=O) groups is 11. The molecule has 19 N–H and O–H groups in total. The highest BCUT2D eigenvalue weighted by molar-refractivity contribution is 6.00. The van der Waals surface area contributed by atoms with E-state index in [9.17, 15) is 63.0 Å². The van der Waals surface area contributed by atoms with E-state index in [1.807, 2.05) is 0 Å². The normalized spacial score (nSPS) is 22.5. The summed E-state index contributed by atoms with van der Waals surface area (Å²) in [4.78, 5) is 168. The van der Waals surface area contributed by atoms with E-state index in [-0.39, 0.29) is 70.4 Å². The molecule has 29 nitrogen and oxygen atoms in total. The van der Waals surface area contributed by atoms with Gasteiger partial charge in [-0.3, -0.25) is 57.7 Å². The Morgan fingerprint density at radius 1 is 0.619 bits per heavy atom. The number of aliphatic carboxylic acids is 2. The van der Waals surface area contributed by atoms with Gasteiger partial charge in [0.1, 0.15) is 48.3 Å². The molecular weight excluding hydrogens is 1090 g/mol. The van der Waals surface area contributed by atoms with Crippen LogP contribution in [-0.2, 0) is 72.0 Å². The number of H-pyrrole nitrogens is 2. The number of guanidine groups is 1. The predicted octanol–water partition coefficient (Wildman–Crippen LogP) is -2.50. The van der Waals surface area contributed by atoms with Crippen molar-refractivity contribution in [1.29, 1.82) is 0 Å². The molecule has 1 saturated heterocycles. The Kier molecular flexibility index (Phi) is 25.6. The average Bonchev–Trinajstić information content (AvgIpc) is 3.71. The first kappa shape index (κ1) is 65.4. The number of unbranched alkanes of at least 4 members (excludes halogenated alkanes) is 1. The number of aliphatic imine (C=N–C) groups is 1. The molecule has 5 rings (SSSR count). The van der Waals surface area contributed by atoms with Crippen molar-refractivity contribution in [1.82, 2.24) is 62.8 Å². The SMILES string of the molecule is CC[C@H](C)[C@@H]1NC(=O)[C@H](Cc2ccccc2)NC(=O)[C@H](CC(=O)O)NC(=O)[C@H](Cc2cnc[nH]2)NC(=O)CNC(=O)[C@H](Cc2c[nH]c3ccccc23)NC(=O)[C@H](CCCN=C(N)N)NC(=O)[C@H](CCC(=O)O)NC(=O)C(CCCCN)NC1=O. The van der Waals surface area contributed by atoms with Crippen LogP contribution in [0.4, 0.5) is 0 Å². The van der Waals surface area contributed by atoms with E-state index in [1.165, 1.54) is 12.5 Å². The number of imidazole rings is 1. The van der Waals surface area contributed by atoms with Crippen LogP contribution in [0.1, 0.15) is 88.5 Å². The van der Waals surface area contributed by atoms with Crippen LogP contribution in [0.25, 0.3) is 10.9 Å². The van der Waals surface area contributed by atoms with Gasteiger partial charge in [0.25, 0.3) is 0 Å². The van der Waals surface area contributed by atoms with Crippen LogP contribution in [0.2, 0.25) is 0 Å². The monoisotopic (exact) mass is 1170 g/mol. The van der Waals surface area contributed by atoms with Crippen molar-refractivity contribution < 1.29 is 63.0 Å². The second kappa shape index (κ2) is 32.9. The lowest BCUT2D eigenvalue weighted by Crippen LogP contribution is -2.61. The summed E-state index contributed by atoms with van der Waals surface area (Å²) in [6.07, 6.45) is 2.12. The first-order valence-electron chi connectivity index (χ1n) is 27.6. The number of carboxylic acids is 2. The first-order valence-corrected chi connectivity index (χ1v) is 27.6. The molecule has 9 atom stereocenters. The van der Waals surface area contributed by atoms with Gasteiger partial charge in [-0.1, -0.05) is 68.8 Å². The number of benzene rings is 2. The van der Waals surface area contributed by atoms with Crippen LogP contribution in [0.5, 0.6) is 0 Å². The summed E-state index contributed by atoms with van der Waals surface area (Å²) in [7, 11) is 0. The van der Waals surface area contributed by atoms with Crippen molar-refractivity contribution in [2.75, 3.05) is 19.6 Å². The molecule has 0 radical (unpaired) electrons. The minimum Gasteiger partial charge on any atom is -0.481 e. The molecule has 2 aromatic heterocycles. The zero-order valence-corrected chi connectivity index (χ0v) is 46.7. The number of aromatic amines is 2. The summed E-state index contributed by atoms with van der Waals surface area (Å²) in [6, 6.07) is 2.95. The summed E-state index contributed by atoms with van der Waals surface area (Å²) >= 11 is 0. The number of fused-ring (bicyclic) bond motifs is 1. The van der Waals surface area contributed by atoms with Gasteiger partial charge in [0.15, 0.2) is 5.96 Å². The first-order chi connectivity index (χ1) is 40.1. The number of aromatic nitrogens is 3. The molecule has 0 aliphatic carbocycles. The zero-order chi connectivity index (χ0) is 61.3. The minimum atomic E-state index is -1.88. The van der Waals surface area contributed by atoms with Crippen LogP contribution in [0, 0.1) is 5.92 Å². The smallest absolute Gasteiger partial charge is 0.305 e. The Morgan fingerprint density at radius 2 is 1.18 bits per heavy atom. The average molecular weight is 1170 g/mol. The molecule has 84 heavy (non-hydrogen) atoms. The third kappa shape index (κ3) is 20.8. The fourth-order valence-corrected chi connectivity index (χ4v) is 9.18. The van der Waals surface area contributed by atoms with Gasteiger partial charge >= 0.3 is 11.9 Å². The molecule has 9 amide bonds. The molecule has 1 aliphatic heterocycles. The van der Waals surface area contributed by atoms with Crippen molar-refractivity contribution in [3.63, 3.8) is 0 Å². The molecule has 29 heteroatoms. The Labute approximate surface area is 483 Å². The quantitative estimate of drug-likeness (QED) is 0.0233. The van der Waals surface area contributed by atoms with Crippen LogP contribution in [0.3, 0.4) is 0 Å². The Morgan fingerprint density at radius 3 is 1.80 bits per heavy atom. The highest BCUT2D eigenvalue weighted by atomic mass is 16.4. The molecule has 0 saturated carbocycles. The molecule has 3 heterocycles. The van der Waals surface area contributed by atoms with Gasteiger partial charge < -0.3 is 85.2 Å². The van der Waals surface area contributed by atoms with E-state index >= 15 is 0 Å². The maximum Gasteiger partial charge on any atom is 0.305 e. The van der Waals surface area contributed by atoms with Crippen molar-refractivity contribution in [3.05, 3.63) is 90.1 Å². The number of nitrogens with zero attached hydrogens (tertiary/aromatic N) is 2. The highest BCUT2D eigenvalue weighted by Crippen LogP contribution is 2.20. The summed E-state index contributed by atoms with van der Waals surface area (Å²) in [5.41, 5.74) is 19.0. The number of para-hydroxylation sites is 1. The maximum absolute atomic E-state index is 14.6. The number of carbonyl (C=O) groups excluding carboxylic acids is 9. The molecule has 1 aliphatic rings. The lowest BCUT2D eigenvalue weighted by atomic mass is 9.96. The molecule has 1 unspecified atom stereocenters. The second-order valence-electron chi connectivity index (χ2n) is 20.4. The molecule has 454 valence electrons. The summed E-state index contributed by atoms with van der Waals surface area (Å²) < 4.78 is 0. The van der Waals surface area contributed by atoms with E-state index in [0.717, 1.165) is 0 Å². The van der Waals surface area contributed by atoms with Gasteiger partial charge in [-0.15, -0.1) is 0 Å². The fourth-order valence-electron chi connectivity index (χ4n) is 9.18.